The Labute approximate surface area is 295 Å². The summed E-state index contributed by atoms with van der Waals surface area (Å²) in [5, 5.41) is 15.3. The fraction of sp³-hybridized carbons (Fsp3) is 0.583. The molecule has 0 amide bonds. The van der Waals surface area contributed by atoms with Crippen LogP contribution in [0.3, 0.4) is 0 Å². The summed E-state index contributed by atoms with van der Waals surface area (Å²) >= 11 is 5.74. The van der Waals surface area contributed by atoms with Crippen LogP contribution < -0.4 is 10.6 Å². The topological polar surface area (TPSA) is 138 Å². The summed E-state index contributed by atoms with van der Waals surface area (Å²) in [6.45, 7) is 20.6. The molecule has 0 saturated heterocycles. The maximum Gasteiger partial charge on any atom is 0.312 e. The number of carbonyl (C=O) groups is 1. The molecule has 1 saturated carbocycles. The number of aromatic nitrogens is 8. The largest absolute Gasteiger partial charge is 0.460 e. The van der Waals surface area contributed by atoms with Crippen LogP contribution in [-0.2, 0) is 32.9 Å². The van der Waals surface area contributed by atoms with E-state index in [1.807, 2.05) is 42.3 Å². The van der Waals surface area contributed by atoms with Gasteiger partial charge in [-0.05, 0) is 93.9 Å². The van der Waals surface area contributed by atoms with Gasteiger partial charge in [-0.25, -0.2) is 19.3 Å². The third-order valence-corrected chi connectivity index (χ3v) is 8.43. The second-order valence-corrected chi connectivity index (χ2v) is 16.2. The van der Waals surface area contributed by atoms with E-state index in [1.54, 1.807) is 37.2 Å². The van der Waals surface area contributed by atoms with Crippen molar-refractivity contribution in [1.29, 1.82) is 0 Å². The number of hydrogen-bond donors (Lipinski definition) is 2. The zero-order valence-electron chi connectivity index (χ0n) is 30.7. The molecule has 49 heavy (non-hydrogen) atoms. The molecule has 0 aromatic carbocycles. The highest BCUT2D eigenvalue weighted by atomic mass is 35.5. The first-order valence-electron chi connectivity index (χ1n) is 16.9. The van der Waals surface area contributed by atoms with Gasteiger partial charge < -0.3 is 15.4 Å². The number of nitrogens with one attached hydrogen (secondary N) is 2. The van der Waals surface area contributed by atoms with Gasteiger partial charge in [0.15, 0.2) is 0 Å². The standard InChI is InChI=1S/C24H37N5O2.C12H16ClN5/c1-17-8-11-24(12-9-17,21(30)31-23(5,6)7)14-18-15-25-16-19(27-18)28-20-10-13-26-29(20)22(2,3)4;1-12(2,3)18-11(4-5-15-18)17-10-8-14-7-9(6-13)16-10/h10,13,15-17H,8-9,11-12,14H2,1-7H3,(H,27,28);4-5,7-8H,6H2,1-3H3,(H,16,17). The quantitative estimate of drug-likeness (QED) is 0.137. The van der Waals surface area contributed by atoms with E-state index in [0.717, 1.165) is 48.7 Å². The van der Waals surface area contributed by atoms with Gasteiger partial charge in [0.05, 0.1) is 58.5 Å². The molecule has 0 aliphatic heterocycles. The summed E-state index contributed by atoms with van der Waals surface area (Å²) < 4.78 is 9.67. The molecule has 0 radical (unpaired) electrons. The van der Waals surface area contributed by atoms with E-state index in [1.165, 1.54) is 0 Å². The lowest BCUT2D eigenvalue weighted by molar-refractivity contribution is -0.170. The molecular formula is C36H53ClN10O2. The minimum atomic E-state index is -0.541. The van der Waals surface area contributed by atoms with Gasteiger partial charge in [-0.1, -0.05) is 6.92 Å². The van der Waals surface area contributed by atoms with Crippen molar-refractivity contribution in [3.8, 4) is 0 Å². The van der Waals surface area contributed by atoms with Crippen LogP contribution in [0.1, 0.15) is 106 Å². The van der Waals surface area contributed by atoms with E-state index in [0.29, 0.717) is 29.9 Å². The Morgan fingerprint density at radius 1 is 0.816 bits per heavy atom. The maximum atomic E-state index is 13.2. The van der Waals surface area contributed by atoms with Crippen LogP contribution in [0, 0.1) is 11.3 Å². The molecule has 12 nitrogen and oxygen atoms in total. The predicted octanol–water partition coefficient (Wildman–Crippen LogP) is 8.16. The first-order valence-corrected chi connectivity index (χ1v) is 17.5. The Hall–Kier alpha value is -4.06. The minimum Gasteiger partial charge on any atom is -0.460 e. The first kappa shape index (κ1) is 37.8. The molecule has 2 N–H and O–H groups in total. The van der Waals surface area contributed by atoms with Gasteiger partial charge in [0.25, 0.3) is 0 Å². The molecule has 266 valence electrons. The second kappa shape index (κ2) is 15.2. The van der Waals surface area contributed by atoms with Crippen LogP contribution in [-0.4, -0.2) is 51.1 Å². The zero-order chi connectivity index (χ0) is 36.0. The lowest BCUT2D eigenvalue weighted by Gasteiger charge is -2.39. The molecule has 4 aromatic rings. The van der Waals surface area contributed by atoms with E-state index < -0.39 is 11.0 Å². The Balaban J connectivity index is 0.000000254. The van der Waals surface area contributed by atoms with Crippen molar-refractivity contribution in [1.82, 2.24) is 39.5 Å². The third-order valence-electron chi connectivity index (χ3n) is 8.16. The second-order valence-electron chi connectivity index (χ2n) is 15.9. The number of rotatable bonds is 8. The van der Waals surface area contributed by atoms with Crippen molar-refractivity contribution in [3.05, 3.63) is 60.7 Å². The average Bonchev–Trinajstić information content (AvgIpc) is 3.68. The molecule has 4 heterocycles. The molecular weight excluding hydrogens is 640 g/mol. The summed E-state index contributed by atoms with van der Waals surface area (Å²) in [6, 6.07) is 3.82. The van der Waals surface area contributed by atoms with Crippen molar-refractivity contribution >= 4 is 40.8 Å². The lowest BCUT2D eigenvalue weighted by Crippen LogP contribution is -2.42. The van der Waals surface area contributed by atoms with Gasteiger partial charge in [-0.15, -0.1) is 11.6 Å². The van der Waals surface area contributed by atoms with Gasteiger partial charge in [0, 0.05) is 30.9 Å². The monoisotopic (exact) mass is 692 g/mol. The minimum absolute atomic E-state index is 0.0939. The highest BCUT2D eigenvalue weighted by Crippen LogP contribution is 2.43. The average molecular weight is 693 g/mol. The smallest absolute Gasteiger partial charge is 0.312 e. The molecule has 0 spiro atoms. The zero-order valence-corrected chi connectivity index (χ0v) is 31.5. The lowest BCUT2D eigenvalue weighted by atomic mass is 9.68. The number of halogens is 1. The van der Waals surface area contributed by atoms with Crippen LogP contribution in [0.2, 0.25) is 0 Å². The van der Waals surface area contributed by atoms with E-state index in [4.69, 9.17) is 21.3 Å². The van der Waals surface area contributed by atoms with Crippen molar-refractivity contribution in [2.75, 3.05) is 10.6 Å². The highest BCUT2D eigenvalue weighted by Gasteiger charge is 2.44. The molecule has 0 bridgehead atoms. The number of hydrogen-bond acceptors (Lipinski definition) is 10. The summed E-state index contributed by atoms with van der Waals surface area (Å²) in [4.78, 5) is 30.9. The Bertz CT molecular complexity index is 1670. The maximum absolute atomic E-state index is 13.2. The molecule has 1 fully saturated rings. The first-order chi connectivity index (χ1) is 22.9. The predicted molar refractivity (Wildman–Crippen MR) is 194 cm³/mol. The normalized spacial score (nSPS) is 18.3. The fourth-order valence-electron chi connectivity index (χ4n) is 5.71. The van der Waals surface area contributed by atoms with Crippen molar-refractivity contribution < 1.29 is 9.53 Å². The molecule has 0 atom stereocenters. The number of nitrogens with zero attached hydrogens (tertiary/aromatic N) is 8. The van der Waals surface area contributed by atoms with E-state index >= 15 is 0 Å². The summed E-state index contributed by atoms with van der Waals surface area (Å²) in [7, 11) is 0. The van der Waals surface area contributed by atoms with Crippen LogP contribution in [0.25, 0.3) is 0 Å². The van der Waals surface area contributed by atoms with Gasteiger partial charge in [-0.2, -0.15) is 10.2 Å². The Kier molecular flexibility index (Phi) is 11.7. The molecule has 5 rings (SSSR count). The fourth-order valence-corrected chi connectivity index (χ4v) is 5.84. The van der Waals surface area contributed by atoms with Crippen LogP contribution in [0.4, 0.5) is 23.3 Å². The number of alkyl halides is 1. The van der Waals surface area contributed by atoms with Gasteiger partial charge in [0.1, 0.15) is 28.9 Å². The molecule has 1 aliphatic carbocycles. The number of ether oxygens (including phenoxy) is 1. The summed E-state index contributed by atoms with van der Waals surface area (Å²) in [5.74, 6) is 3.91. The Morgan fingerprint density at radius 2 is 1.29 bits per heavy atom. The summed E-state index contributed by atoms with van der Waals surface area (Å²) in [5.41, 5.74) is 0.240. The third kappa shape index (κ3) is 10.5. The number of anilines is 4. The molecule has 1 aliphatic rings. The van der Waals surface area contributed by atoms with E-state index in [-0.39, 0.29) is 17.0 Å². The van der Waals surface area contributed by atoms with Gasteiger partial charge in [0.2, 0.25) is 0 Å². The number of esters is 1. The van der Waals surface area contributed by atoms with Crippen molar-refractivity contribution in [2.24, 2.45) is 11.3 Å². The van der Waals surface area contributed by atoms with Crippen LogP contribution in [0.15, 0.2) is 49.3 Å². The van der Waals surface area contributed by atoms with Crippen molar-refractivity contribution in [2.45, 2.75) is 124 Å². The van der Waals surface area contributed by atoms with Gasteiger partial charge >= 0.3 is 5.97 Å². The van der Waals surface area contributed by atoms with E-state index in [2.05, 4.69) is 84.2 Å². The van der Waals surface area contributed by atoms with Gasteiger partial charge in [-0.3, -0.25) is 14.8 Å². The number of carbonyl (C=O) groups excluding carboxylic acids is 1. The SMILES string of the molecule is CC(C)(C)n1nccc1Nc1cncc(CCl)n1.CC1CCC(Cc2cncc(Nc3ccnn3C(C)(C)C)n2)(C(=O)OC(C)(C)C)CC1. The van der Waals surface area contributed by atoms with Crippen LogP contribution in [0.5, 0.6) is 0 Å². The molecule has 0 unspecified atom stereocenters. The van der Waals surface area contributed by atoms with Crippen LogP contribution >= 0.6 is 11.6 Å². The summed E-state index contributed by atoms with van der Waals surface area (Å²) in [6.07, 6.45) is 14.5. The van der Waals surface area contributed by atoms with Crippen molar-refractivity contribution in [3.63, 3.8) is 0 Å². The molecule has 4 aromatic heterocycles. The van der Waals surface area contributed by atoms with E-state index in [9.17, 15) is 4.79 Å². The molecule has 13 heteroatoms. The Morgan fingerprint density at radius 3 is 1.73 bits per heavy atom. The highest BCUT2D eigenvalue weighted by molar-refractivity contribution is 6.16.